The highest BCUT2D eigenvalue weighted by Gasteiger charge is 2.49. The molecule has 0 spiro atoms. The molecule has 1 unspecified atom stereocenters. The number of imide groups is 1. The number of carbonyl (C=O) groups is 3. The summed E-state index contributed by atoms with van der Waals surface area (Å²) in [7, 11) is 0. The standard InChI is InChI=1S/C18H23FN4O3/c1-3-21-8-10-22(11-9-21)15(24)12-23-16(25)18(2,20-17(23)26)13-4-6-14(19)7-5-13/h4-7H,3,8-12H2,1-2H3,(H,20,26). The lowest BCUT2D eigenvalue weighted by Crippen LogP contribution is -2.52. The smallest absolute Gasteiger partial charge is 0.325 e. The van der Waals surface area contributed by atoms with Gasteiger partial charge in [-0.15, -0.1) is 0 Å². The van der Waals surface area contributed by atoms with Crippen molar-refractivity contribution in [2.24, 2.45) is 0 Å². The maximum atomic E-state index is 13.1. The minimum atomic E-state index is -1.30. The van der Waals surface area contributed by atoms with Crippen molar-refractivity contribution in [1.29, 1.82) is 0 Å². The lowest BCUT2D eigenvalue weighted by Gasteiger charge is -2.34. The molecule has 4 amide bonds. The fourth-order valence-corrected chi connectivity index (χ4v) is 3.37. The normalized spacial score (nSPS) is 24.1. The van der Waals surface area contributed by atoms with E-state index in [0.29, 0.717) is 18.7 Å². The number of piperazine rings is 1. The number of halogens is 1. The monoisotopic (exact) mass is 362 g/mol. The van der Waals surface area contributed by atoms with E-state index in [1.165, 1.54) is 24.3 Å². The third kappa shape index (κ3) is 3.29. The average Bonchev–Trinajstić information content (AvgIpc) is 2.86. The molecule has 140 valence electrons. The van der Waals surface area contributed by atoms with E-state index in [1.54, 1.807) is 11.8 Å². The summed E-state index contributed by atoms with van der Waals surface area (Å²) in [6, 6.07) is 4.79. The van der Waals surface area contributed by atoms with E-state index in [2.05, 4.69) is 17.1 Å². The van der Waals surface area contributed by atoms with Gasteiger partial charge >= 0.3 is 6.03 Å². The molecule has 0 aromatic heterocycles. The Morgan fingerprint density at radius 1 is 1.15 bits per heavy atom. The second-order valence-corrected chi connectivity index (χ2v) is 6.77. The van der Waals surface area contributed by atoms with Gasteiger partial charge in [-0.25, -0.2) is 9.18 Å². The van der Waals surface area contributed by atoms with Gasteiger partial charge in [0.05, 0.1) is 0 Å². The van der Waals surface area contributed by atoms with Crippen LogP contribution < -0.4 is 5.32 Å². The van der Waals surface area contributed by atoms with Gasteiger partial charge in [0.25, 0.3) is 5.91 Å². The van der Waals surface area contributed by atoms with Crippen molar-refractivity contribution in [3.05, 3.63) is 35.6 Å². The molecule has 2 saturated heterocycles. The number of likely N-dealkylation sites (N-methyl/N-ethyl adjacent to an activating group) is 1. The van der Waals surface area contributed by atoms with Crippen molar-refractivity contribution < 1.29 is 18.8 Å². The first-order valence-electron chi connectivity index (χ1n) is 8.75. The molecule has 0 radical (unpaired) electrons. The molecular formula is C18H23FN4O3. The Hall–Kier alpha value is -2.48. The Morgan fingerprint density at radius 3 is 2.35 bits per heavy atom. The predicted molar refractivity (Wildman–Crippen MR) is 92.7 cm³/mol. The zero-order chi connectivity index (χ0) is 18.9. The maximum absolute atomic E-state index is 13.1. The molecule has 2 aliphatic heterocycles. The lowest BCUT2D eigenvalue weighted by atomic mass is 9.92. The molecule has 26 heavy (non-hydrogen) atoms. The molecule has 3 rings (SSSR count). The Bertz CT molecular complexity index is 716. The number of hydrogen-bond donors (Lipinski definition) is 1. The van der Waals surface area contributed by atoms with Gasteiger partial charge in [0.2, 0.25) is 5.91 Å². The van der Waals surface area contributed by atoms with Crippen LogP contribution in [0.4, 0.5) is 9.18 Å². The van der Waals surface area contributed by atoms with Gasteiger partial charge in [-0.05, 0) is 31.2 Å². The minimum absolute atomic E-state index is 0.243. The van der Waals surface area contributed by atoms with Crippen LogP contribution in [0.25, 0.3) is 0 Å². The fourth-order valence-electron chi connectivity index (χ4n) is 3.37. The van der Waals surface area contributed by atoms with Gasteiger partial charge in [-0.2, -0.15) is 0 Å². The Morgan fingerprint density at radius 2 is 1.77 bits per heavy atom. The summed E-state index contributed by atoms with van der Waals surface area (Å²) >= 11 is 0. The lowest BCUT2D eigenvalue weighted by molar-refractivity contribution is -0.139. The number of nitrogens with zero attached hydrogens (tertiary/aromatic N) is 3. The molecule has 0 bridgehead atoms. The molecule has 0 aliphatic carbocycles. The van der Waals surface area contributed by atoms with E-state index < -0.39 is 23.3 Å². The fraction of sp³-hybridized carbons (Fsp3) is 0.500. The molecular weight excluding hydrogens is 339 g/mol. The predicted octanol–water partition coefficient (Wildman–Crippen LogP) is 0.757. The van der Waals surface area contributed by atoms with E-state index >= 15 is 0 Å². The van der Waals surface area contributed by atoms with Crippen LogP contribution in [-0.4, -0.2) is 71.8 Å². The van der Waals surface area contributed by atoms with Crippen molar-refractivity contribution in [2.45, 2.75) is 19.4 Å². The summed E-state index contributed by atoms with van der Waals surface area (Å²) in [6.45, 7) is 7.03. The van der Waals surface area contributed by atoms with Gasteiger partial charge in [0.15, 0.2) is 0 Å². The van der Waals surface area contributed by atoms with Gasteiger partial charge in [-0.1, -0.05) is 19.1 Å². The van der Waals surface area contributed by atoms with Crippen LogP contribution in [0, 0.1) is 5.82 Å². The van der Waals surface area contributed by atoms with E-state index in [-0.39, 0.29) is 12.5 Å². The summed E-state index contributed by atoms with van der Waals surface area (Å²) in [5.74, 6) is -1.17. The average molecular weight is 362 g/mol. The molecule has 8 heteroatoms. The molecule has 1 aromatic rings. The highest BCUT2D eigenvalue weighted by molar-refractivity contribution is 6.09. The molecule has 7 nitrogen and oxygen atoms in total. The second-order valence-electron chi connectivity index (χ2n) is 6.77. The zero-order valence-corrected chi connectivity index (χ0v) is 15.0. The van der Waals surface area contributed by atoms with Crippen LogP contribution in [0.5, 0.6) is 0 Å². The molecule has 2 fully saturated rings. The number of nitrogens with one attached hydrogen (secondary N) is 1. The maximum Gasteiger partial charge on any atom is 0.325 e. The number of amides is 4. The summed E-state index contributed by atoms with van der Waals surface area (Å²) < 4.78 is 13.1. The number of carbonyl (C=O) groups excluding carboxylic acids is 3. The quantitative estimate of drug-likeness (QED) is 0.803. The minimum Gasteiger partial charge on any atom is -0.339 e. The van der Waals surface area contributed by atoms with E-state index in [9.17, 15) is 18.8 Å². The summed E-state index contributed by atoms with van der Waals surface area (Å²) in [4.78, 5) is 42.5. The van der Waals surface area contributed by atoms with Crippen LogP contribution in [0.1, 0.15) is 19.4 Å². The molecule has 2 heterocycles. The van der Waals surface area contributed by atoms with Crippen molar-refractivity contribution in [2.75, 3.05) is 39.3 Å². The zero-order valence-electron chi connectivity index (χ0n) is 15.0. The van der Waals surface area contributed by atoms with Crippen molar-refractivity contribution in [1.82, 2.24) is 20.0 Å². The van der Waals surface area contributed by atoms with E-state index in [1.807, 2.05) is 0 Å². The first kappa shape index (κ1) is 18.3. The SMILES string of the molecule is CCN1CCN(C(=O)CN2C(=O)NC(C)(c3ccc(F)cc3)C2=O)CC1. The third-order valence-corrected chi connectivity index (χ3v) is 5.16. The molecule has 0 saturated carbocycles. The van der Waals surface area contributed by atoms with Crippen LogP contribution in [0.3, 0.4) is 0 Å². The third-order valence-electron chi connectivity index (χ3n) is 5.16. The summed E-state index contributed by atoms with van der Waals surface area (Å²) in [5, 5.41) is 2.63. The Kier molecular flexibility index (Phi) is 4.95. The number of rotatable bonds is 4. The number of benzene rings is 1. The molecule has 1 N–H and O–H groups in total. The Labute approximate surface area is 151 Å². The number of hydrogen-bond acceptors (Lipinski definition) is 4. The van der Waals surface area contributed by atoms with Crippen LogP contribution in [0.15, 0.2) is 24.3 Å². The van der Waals surface area contributed by atoms with Crippen LogP contribution in [0.2, 0.25) is 0 Å². The highest BCUT2D eigenvalue weighted by atomic mass is 19.1. The summed E-state index contributed by atoms with van der Waals surface area (Å²) in [6.07, 6.45) is 0. The Balaban J connectivity index is 1.69. The molecule has 1 atom stereocenters. The van der Waals surface area contributed by atoms with Gasteiger partial charge in [0, 0.05) is 26.2 Å². The van der Waals surface area contributed by atoms with Crippen molar-refractivity contribution >= 4 is 17.8 Å². The molecule has 2 aliphatic rings. The van der Waals surface area contributed by atoms with E-state index in [4.69, 9.17) is 0 Å². The highest BCUT2D eigenvalue weighted by Crippen LogP contribution is 2.28. The van der Waals surface area contributed by atoms with Gasteiger partial charge in [-0.3, -0.25) is 14.5 Å². The summed E-state index contributed by atoms with van der Waals surface area (Å²) in [5.41, 5.74) is -0.824. The van der Waals surface area contributed by atoms with Crippen molar-refractivity contribution in [3.63, 3.8) is 0 Å². The first-order valence-corrected chi connectivity index (χ1v) is 8.75. The van der Waals surface area contributed by atoms with Gasteiger partial charge in [0.1, 0.15) is 17.9 Å². The van der Waals surface area contributed by atoms with Crippen LogP contribution in [-0.2, 0) is 15.1 Å². The van der Waals surface area contributed by atoms with Crippen LogP contribution >= 0.6 is 0 Å². The largest absolute Gasteiger partial charge is 0.339 e. The van der Waals surface area contributed by atoms with E-state index in [0.717, 1.165) is 24.5 Å². The van der Waals surface area contributed by atoms with Gasteiger partial charge < -0.3 is 15.1 Å². The molecule has 1 aromatic carbocycles. The second kappa shape index (κ2) is 7.03. The van der Waals surface area contributed by atoms with Crippen molar-refractivity contribution in [3.8, 4) is 0 Å². The first-order chi connectivity index (χ1) is 12.3. The number of urea groups is 1. The topological polar surface area (TPSA) is 73.0 Å².